The first-order valence-electron chi connectivity index (χ1n) is 5.38. The molecule has 0 unspecified atom stereocenters. The Kier molecular flexibility index (Phi) is 3.59. The molecule has 0 spiro atoms. The zero-order valence-electron chi connectivity index (χ0n) is 10.6. The number of hydrogen-bond donors (Lipinski definition) is 0. The number of hydrogen-bond acceptors (Lipinski definition) is 2. The summed E-state index contributed by atoms with van der Waals surface area (Å²) < 4.78 is 5.78. The van der Waals surface area contributed by atoms with Crippen molar-refractivity contribution in [3.63, 3.8) is 0 Å². The molecule has 0 saturated heterocycles. The fourth-order valence-electron chi connectivity index (χ4n) is 1.48. The summed E-state index contributed by atoms with van der Waals surface area (Å²) in [4.78, 5) is 0. The highest BCUT2D eigenvalue weighted by Gasteiger charge is 2.17. The van der Waals surface area contributed by atoms with Crippen LogP contribution < -0.4 is 4.74 Å². The molecule has 0 aliphatic rings. The maximum Gasteiger partial charge on any atom is 0.138 e. The van der Waals surface area contributed by atoms with Gasteiger partial charge in [-0.2, -0.15) is 5.26 Å². The standard InChI is InChI=1S/C14H18NO/c1-10(2)11-7-6-8-13(12(11)9-15)16-14(3,4)5/h6-8H,1-5H3. The van der Waals surface area contributed by atoms with Gasteiger partial charge in [0, 0.05) is 5.92 Å². The topological polar surface area (TPSA) is 33.0 Å². The number of rotatable bonds is 2. The molecule has 85 valence electrons. The van der Waals surface area contributed by atoms with E-state index in [1.165, 1.54) is 0 Å². The molecule has 0 bridgehead atoms. The summed E-state index contributed by atoms with van der Waals surface area (Å²) in [6, 6.07) is 7.93. The summed E-state index contributed by atoms with van der Waals surface area (Å²) in [5.74, 6) is 1.78. The number of nitrogens with zero attached hydrogens (tertiary/aromatic N) is 1. The molecule has 0 N–H and O–H groups in total. The lowest BCUT2D eigenvalue weighted by atomic mass is 9.97. The molecule has 0 aliphatic heterocycles. The van der Waals surface area contributed by atoms with Gasteiger partial charge in [-0.15, -0.1) is 0 Å². The second kappa shape index (κ2) is 4.57. The normalized spacial score (nSPS) is 11.3. The first-order chi connectivity index (χ1) is 7.35. The van der Waals surface area contributed by atoms with Gasteiger partial charge >= 0.3 is 0 Å². The van der Waals surface area contributed by atoms with E-state index in [1.54, 1.807) is 0 Å². The van der Waals surface area contributed by atoms with E-state index in [2.05, 4.69) is 6.07 Å². The summed E-state index contributed by atoms with van der Waals surface area (Å²) in [6.07, 6.45) is 0. The third-order valence-corrected chi connectivity index (χ3v) is 2.09. The van der Waals surface area contributed by atoms with Gasteiger partial charge in [-0.05, 0) is 32.4 Å². The van der Waals surface area contributed by atoms with Gasteiger partial charge in [0.15, 0.2) is 0 Å². The Morgan fingerprint density at radius 2 is 1.88 bits per heavy atom. The van der Waals surface area contributed by atoms with Crippen molar-refractivity contribution in [3.8, 4) is 11.8 Å². The van der Waals surface area contributed by atoms with Crippen molar-refractivity contribution >= 4 is 0 Å². The highest BCUT2D eigenvalue weighted by atomic mass is 16.5. The predicted molar refractivity (Wildman–Crippen MR) is 65.2 cm³/mol. The van der Waals surface area contributed by atoms with Gasteiger partial charge in [0.05, 0.1) is 5.56 Å². The van der Waals surface area contributed by atoms with Crippen LogP contribution in [0.5, 0.6) is 5.75 Å². The number of benzene rings is 1. The van der Waals surface area contributed by atoms with E-state index in [4.69, 9.17) is 4.74 Å². The van der Waals surface area contributed by atoms with Gasteiger partial charge < -0.3 is 4.74 Å². The fourth-order valence-corrected chi connectivity index (χ4v) is 1.48. The molecule has 0 atom stereocenters. The smallest absolute Gasteiger partial charge is 0.138 e. The highest BCUT2D eigenvalue weighted by molar-refractivity contribution is 5.53. The van der Waals surface area contributed by atoms with E-state index in [0.29, 0.717) is 11.3 Å². The molecule has 2 nitrogen and oxygen atoms in total. The molecule has 2 heteroatoms. The summed E-state index contributed by atoms with van der Waals surface area (Å²) >= 11 is 0. The lowest BCUT2D eigenvalue weighted by molar-refractivity contribution is 0.130. The minimum Gasteiger partial charge on any atom is -0.487 e. The average Bonchev–Trinajstić information content (AvgIpc) is 2.14. The minimum absolute atomic E-state index is 0.286. The summed E-state index contributed by atoms with van der Waals surface area (Å²) in [5.41, 5.74) is 1.30. The van der Waals surface area contributed by atoms with E-state index < -0.39 is 0 Å². The van der Waals surface area contributed by atoms with Crippen LogP contribution in [-0.2, 0) is 0 Å². The summed E-state index contributed by atoms with van der Waals surface area (Å²) in [7, 11) is 0. The Balaban J connectivity index is 3.21. The zero-order chi connectivity index (χ0) is 12.3. The zero-order valence-corrected chi connectivity index (χ0v) is 10.6. The van der Waals surface area contributed by atoms with Crippen molar-refractivity contribution in [2.75, 3.05) is 0 Å². The summed E-state index contributed by atoms with van der Waals surface area (Å²) in [5, 5.41) is 9.20. The molecule has 1 aromatic rings. The lowest BCUT2D eigenvalue weighted by Gasteiger charge is -2.23. The first-order valence-corrected chi connectivity index (χ1v) is 5.38. The molecular formula is C14H18NO. The molecule has 1 aromatic carbocycles. The van der Waals surface area contributed by atoms with Gasteiger partial charge in [0.25, 0.3) is 0 Å². The van der Waals surface area contributed by atoms with Crippen molar-refractivity contribution in [2.45, 2.75) is 40.2 Å². The SMILES string of the molecule is C[C](C)c1cccc(OC(C)(C)C)c1C#N. The predicted octanol–water partition coefficient (Wildman–Crippen LogP) is 3.70. The molecular weight excluding hydrogens is 198 g/mol. The Hall–Kier alpha value is -1.49. The maximum absolute atomic E-state index is 9.20. The third-order valence-electron chi connectivity index (χ3n) is 2.09. The third kappa shape index (κ3) is 3.00. The van der Waals surface area contributed by atoms with Crippen molar-refractivity contribution in [3.05, 3.63) is 35.2 Å². The highest BCUT2D eigenvalue weighted by Crippen LogP contribution is 2.29. The minimum atomic E-state index is -0.286. The van der Waals surface area contributed by atoms with Crippen molar-refractivity contribution in [1.29, 1.82) is 5.26 Å². The monoisotopic (exact) mass is 216 g/mol. The van der Waals surface area contributed by atoms with E-state index in [0.717, 1.165) is 11.5 Å². The second-order valence-corrected chi connectivity index (χ2v) is 5.00. The molecule has 16 heavy (non-hydrogen) atoms. The maximum atomic E-state index is 9.20. The van der Waals surface area contributed by atoms with Crippen LogP contribution in [0.4, 0.5) is 0 Å². The van der Waals surface area contributed by atoms with Crippen LogP contribution in [0.25, 0.3) is 0 Å². The number of nitriles is 1. The Labute approximate surface area is 97.9 Å². The largest absolute Gasteiger partial charge is 0.487 e. The van der Waals surface area contributed by atoms with Crippen molar-refractivity contribution in [2.24, 2.45) is 0 Å². The quantitative estimate of drug-likeness (QED) is 0.755. The molecule has 0 aromatic heterocycles. The van der Waals surface area contributed by atoms with Crippen molar-refractivity contribution < 1.29 is 4.74 Å². The fraction of sp³-hybridized carbons (Fsp3) is 0.429. The van der Waals surface area contributed by atoms with Crippen LogP contribution in [0.15, 0.2) is 18.2 Å². The molecule has 0 amide bonds. The molecule has 0 fully saturated rings. The van der Waals surface area contributed by atoms with Gasteiger partial charge in [0.1, 0.15) is 17.4 Å². The lowest BCUT2D eigenvalue weighted by Crippen LogP contribution is -2.23. The Morgan fingerprint density at radius 1 is 1.25 bits per heavy atom. The Bertz CT molecular complexity index is 408. The van der Waals surface area contributed by atoms with E-state index in [9.17, 15) is 5.26 Å². The first kappa shape index (κ1) is 12.6. The van der Waals surface area contributed by atoms with Crippen LogP contribution in [0.3, 0.4) is 0 Å². The van der Waals surface area contributed by atoms with E-state index in [-0.39, 0.29) is 5.60 Å². The van der Waals surface area contributed by atoms with Crippen LogP contribution in [0, 0.1) is 17.2 Å². The van der Waals surface area contributed by atoms with Crippen LogP contribution in [0.2, 0.25) is 0 Å². The molecule has 0 heterocycles. The van der Waals surface area contributed by atoms with E-state index >= 15 is 0 Å². The van der Waals surface area contributed by atoms with Crippen LogP contribution >= 0.6 is 0 Å². The van der Waals surface area contributed by atoms with Gasteiger partial charge in [-0.25, -0.2) is 0 Å². The van der Waals surface area contributed by atoms with Gasteiger partial charge in [-0.3, -0.25) is 0 Å². The molecule has 1 rings (SSSR count). The molecule has 0 aliphatic carbocycles. The van der Waals surface area contributed by atoms with Gasteiger partial charge in [-0.1, -0.05) is 26.0 Å². The van der Waals surface area contributed by atoms with Crippen LogP contribution in [0.1, 0.15) is 45.7 Å². The van der Waals surface area contributed by atoms with E-state index in [1.807, 2.05) is 52.8 Å². The average molecular weight is 216 g/mol. The number of ether oxygens (including phenoxy) is 1. The van der Waals surface area contributed by atoms with Crippen molar-refractivity contribution in [1.82, 2.24) is 0 Å². The molecule has 1 radical (unpaired) electrons. The Morgan fingerprint density at radius 3 is 2.31 bits per heavy atom. The molecule has 0 saturated carbocycles. The van der Waals surface area contributed by atoms with Gasteiger partial charge in [0.2, 0.25) is 0 Å². The second-order valence-electron chi connectivity index (χ2n) is 5.00. The summed E-state index contributed by atoms with van der Waals surface area (Å²) in [6.45, 7) is 9.92. The van der Waals surface area contributed by atoms with Crippen LogP contribution in [-0.4, -0.2) is 5.60 Å².